The molecule has 1 heterocycles. The first-order chi connectivity index (χ1) is 8.45. The molecule has 18 heavy (non-hydrogen) atoms. The van der Waals surface area contributed by atoms with Gasteiger partial charge in [-0.05, 0) is 32.6 Å². The first-order valence-corrected chi connectivity index (χ1v) is 6.72. The summed E-state index contributed by atoms with van der Waals surface area (Å²) in [6.07, 6.45) is 4.07. The van der Waals surface area contributed by atoms with Crippen LogP contribution in [0.5, 0.6) is 0 Å². The smallest absolute Gasteiger partial charge is 0.257 e. The molecule has 0 radical (unpaired) electrons. The van der Waals surface area contributed by atoms with Crippen molar-refractivity contribution in [2.45, 2.75) is 52.0 Å². The lowest BCUT2D eigenvalue weighted by Gasteiger charge is -2.47. The molecule has 4 nitrogen and oxygen atoms in total. The van der Waals surface area contributed by atoms with Gasteiger partial charge < -0.3 is 5.73 Å². The maximum atomic E-state index is 12.3. The minimum Gasteiger partial charge on any atom is -0.328 e. The summed E-state index contributed by atoms with van der Waals surface area (Å²) < 4.78 is 0. The van der Waals surface area contributed by atoms with Gasteiger partial charge in [0, 0.05) is 17.7 Å². The van der Waals surface area contributed by atoms with E-state index in [2.05, 4.69) is 6.92 Å². The van der Waals surface area contributed by atoms with E-state index in [9.17, 15) is 9.59 Å². The van der Waals surface area contributed by atoms with E-state index >= 15 is 0 Å². The van der Waals surface area contributed by atoms with Crippen LogP contribution < -0.4 is 5.73 Å². The molecule has 0 aromatic rings. The van der Waals surface area contributed by atoms with Crippen molar-refractivity contribution in [3.05, 3.63) is 11.1 Å². The van der Waals surface area contributed by atoms with Gasteiger partial charge in [-0.25, -0.2) is 0 Å². The Bertz CT molecular complexity index is 404. The van der Waals surface area contributed by atoms with Gasteiger partial charge in [-0.2, -0.15) is 0 Å². The quantitative estimate of drug-likeness (QED) is 0.757. The number of carbonyl (C=O) groups is 2. The molecule has 0 aromatic carbocycles. The number of rotatable bonds is 2. The number of nitrogens with zero attached hydrogens (tertiary/aromatic N) is 1. The van der Waals surface area contributed by atoms with Crippen LogP contribution in [0.15, 0.2) is 11.1 Å². The van der Waals surface area contributed by atoms with Gasteiger partial charge in [0.15, 0.2) is 0 Å². The molecule has 1 saturated carbocycles. The van der Waals surface area contributed by atoms with Crippen LogP contribution in [-0.4, -0.2) is 28.8 Å². The Hall–Kier alpha value is -1.16. The number of hydrogen-bond donors (Lipinski definition) is 1. The van der Waals surface area contributed by atoms with Crippen molar-refractivity contribution in [3.8, 4) is 0 Å². The molecule has 0 spiro atoms. The predicted molar refractivity (Wildman–Crippen MR) is 69.6 cm³/mol. The molecular formula is C14H22N2O2. The zero-order valence-electron chi connectivity index (χ0n) is 11.5. The normalized spacial score (nSPS) is 33.6. The molecule has 100 valence electrons. The SMILES string of the molecule is CC1=C(C)C(=O)N(C2(CN)CCCCC2C)C1=O. The van der Waals surface area contributed by atoms with E-state index in [0.717, 1.165) is 25.7 Å². The van der Waals surface area contributed by atoms with Crippen LogP contribution in [0.25, 0.3) is 0 Å². The highest BCUT2D eigenvalue weighted by Gasteiger charge is 2.50. The Balaban J connectivity index is 2.41. The summed E-state index contributed by atoms with van der Waals surface area (Å²) >= 11 is 0. The number of nitrogens with two attached hydrogens (primary N) is 1. The fourth-order valence-corrected chi connectivity index (χ4v) is 3.28. The third kappa shape index (κ3) is 1.62. The average molecular weight is 250 g/mol. The highest BCUT2D eigenvalue weighted by atomic mass is 16.2. The highest BCUT2D eigenvalue weighted by molar-refractivity contribution is 6.19. The molecule has 2 N–H and O–H groups in total. The van der Waals surface area contributed by atoms with Gasteiger partial charge in [0.1, 0.15) is 0 Å². The van der Waals surface area contributed by atoms with Crippen LogP contribution >= 0.6 is 0 Å². The van der Waals surface area contributed by atoms with Crippen molar-refractivity contribution in [1.29, 1.82) is 0 Å². The van der Waals surface area contributed by atoms with Gasteiger partial charge in [0.05, 0.1) is 5.54 Å². The number of hydrogen-bond acceptors (Lipinski definition) is 3. The predicted octanol–water partition coefficient (Wildman–Crippen LogP) is 1.60. The number of carbonyl (C=O) groups excluding carboxylic acids is 2. The maximum absolute atomic E-state index is 12.3. The molecule has 2 atom stereocenters. The Kier molecular flexibility index (Phi) is 3.32. The standard InChI is InChI=1S/C14H22N2O2/c1-9-6-4-5-7-14(9,8-15)16-12(17)10(2)11(3)13(16)18/h9H,4-8,15H2,1-3H3. The lowest BCUT2D eigenvalue weighted by Crippen LogP contribution is -2.61. The van der Waals surface area contributed by atoms with Crippen LogP contribution in [0.3, 0.4) is 0 Å². The molecule has 1 aliphatic heterocycles. The second-order valence-electron chi connectivity index (χ2n) is 5.65. The third-order valence-electron chi connectivity index (χ3n) is 4.82. The first kappa shape index (κ1) is 13.3. The molecular weight excluding hydrogens is 228 g/mol. The summed E-state index contributed by atoms with van der Waals surface area (Å²) in [5, 5.41) is 0. The van der Waals surface area contributed by atoms with Crippen molar-refractivity contribution < 1.29 is 9.59 Å². The van der Waals surface area contributed by atoms with Crippen LogP contribution in [0.1, 0.15) is 46.5 Å². The zero-order chi connectivity index (χ0) is 13.5. The summed E-state index contributed by atoms with van der Waals surface area (Å²) in [7, 11) is 0. The molecule has 0 bridgehead atoms. The van der Waals surface area contributed by atoms with Gasteiger partial charge in [-0.1, -0.05) is 19.8 Å². The molecule has 1 aliphatic carbocycles. The van der Waals surface area contributed by atoms with Gasteiger partial charge in [-0.15, -0.1) is 0 Å². The second-order valence-corrected chi connectivity index (χ2v) is 5.65. The van der Waals surface area contributed by atoms with Crippen LogP contribution in [0, 0.1) is 5.92 Å². The average Bonchev–Trinajstić information content (AvgIpc) is 2.56. The van der Waals surface area contributed by atoms with Crippen molar-refractivity contribution in [2.75, 3.05) is 6.54 Å². The summed E-state index contributed by atoms with van der Waals surface area (Å²) in [5.41, 5.74) is 6.64. The van der Waals surface area contributed by atoms with Crippen molar-refractivity contribution >= 4 is 11.8 Å². The summed E-state index contributed by atoms with van der Waals surface area (Å²) in [6.45, 7) is 5.93. The Morgan fingerprint density at radius 1 is 1.22 bits per heavy atom. The van der Waals surface area contributed by atoms with Crippen molar-refractivity contribution in [3.63, 3.8) is 0 Å². The van der Waals surface area contributed by atoms with E-state index in [1.807, 2.05) is 0 Å². The largest absolute Gasteiger partial charge is 0.328 e. The van der Waals surface area contributed by atoms with E-state index < -0.39 is 5.54 Å². The molecule has 2 rings (SSSR count). The van der Waals surface area contributed by atoms with Crippen molar-refractivity contribution in [1.82, 2.24) is 4.90 Å². The fourth-order valence-electron chi connectivity index (χ4n) is 3.28. The second kappa shape index (κ2) is 4.50. The van der Waals surface area contributed by atoms with E-state index in [0.29, 0.717) is 17.7 Å². The Morgan fingerprint density at radius 2 is 1.78 bits per heavy atom. The Labute approximate surface area is 108 Å². The molecule has 1 fully saturated rings. The number of amides is 2. The monoisotopic (exact) mass is 250 g/mol. The summed E-state index contributed by atoms with van der Waals surface area (Å²) in [5.74, 6) is -0.00347. The van der Waals surface area contributed by atoms with E-state index in [4.69, 9.17) is 5.73 Å². The zero-order valence-corrected chi connectivity index (χ0v) is 11.5. The maximum Gasteiger partial charge on any atom is 0.257 e. The molecule has 0 saturated heterocycles. The van der Waals surface area contributed by atoms with Gasteiger partial charge in [0.25, 0.3) is 11.8 Å². The lowest BCUT2D eigenvalue weighted by molar-refractivity contribution is -0.148. The van der Waals surface area contributed by atoms with Crippen molar-refractivity contribution in [2.24, 2.45) is 11.7 Å². The fraction of sp³-hybridized carbons (Fsp3) is 0.714. The van der Waals surface area contributed by atoms with E-state index in [-0.39, 0.29) is 17.7 Å². The molecule has 0 aromatic heterocycles. The van der Waals surface area contributed by atoms with E-state index in [1.165, 1.54) is 4.90 Å². The highest BCUT2D eigenvalue weighted by Crippen LogP contribution is 2.41. The van der Waals surface area contributed by atoms with Crippen LogP contribution in [0.2, 0.25) is 0 Å². The van der Waals surface area contributed by atoms with Crippen LogP contribution in [-0.2, 0) is 9.59 Å². The molecule has 2 aliphatic rings. The topological polar surface area (TPSA) is 63.4 Å². The first-order valence-electron chi connectivity index (χ1n) is 6.72. The van der Waals surface area contributed by atoms with Gasteiger partial charge in [0.2, 0.25) is 0 Å². The Morgan fingerprint density at radius 3 is 2.22 bits per heavy atom. The van der Waals surface area contributed by atoms with E-state index in [1.54, 1.807) is 13.8 Å². The summed E-state index contributed by atoms with van der Waals surface area (Å²) in [6, 6.07) is 0. The minimum absolute atomic E-state index is 0.142. The molecule has 4 heteroatoms. The van der Waals surface area contributed by atoms with Gasteiger partial charge in [-0.3, -0.25) is 14.5 Å². The molecule has 2 amide bonds. The third-order valence-corrected chi connectivity index (χ3v) is 4.82. The minimum atomic E-state index is -0.467. The van der Waals surface area contributed by atoms with Gasteiger partial charge >= 0.3 is 0 Å². The summed E-state index contributed by atoms with van der Waals surface area (Å²) in [4.78, 5) is 26.1. The number of imide groups is 1. The molecule has 2 unspecified atom stereocenters. The lowest BCUT2D eigenvalue weighted by atomic mass is 9.72. The van der Waals surface area contributed by atoms with Crippen LogP contribution in [0.4, 0.5) is 0 Å².